The molecule has 1 fully saturated rings. The molecule has 4 aromatic carbocycles. The molecule has 46 heavy (non-hydrogen) atoms. The lowest BCUT2D eigenvalue weighted by Crippen LogP contribution is -2.60. The first-order valence-corrected chi connectivity index (χ1v) is 16.9. The number of thiocarbonyl (C=S) groups is 1. The summed E-state index contributed by atoms with van der Waals surface area (Å²) in [6.45, 7) is 5.78. The van der Waals surface area contributed by atoms with Gasteiger partial charge in [0.1, 0.15) is 29.9 Å². The molecule has 0 amide bonds. The van der Waals surface area contributed by atoms with E-state index in [1.54, 1.807) is 0 Å². The normalized spacial score (nSPS) is 21.2. The van der Waals surface area contributed by atoms with Gasteiger partial charge in [-0.1, -0.05) is 121 Å². The van der Waals surface area contributed by atoms with Crippen LogP contribution in [0, 0.1) is 0 Å². The standard InChI is InChI=1S/C38H42O6S2/c1-28(2)43-38(45)46-37-36(42-26-32-21-13-6-14-22-32)35(41-25-31-19-11-5-12-20-31)34(40-24-30-17-9-4-10-18-30)33(44-37)27-39-23-29-15-7-3-8-16-29/h3-22,28,33-37H,23-27H2,1-2H3/t33-,34-,35+,36-,37-/m1/s1. The molecule has 5 atom stereocenters. The summed E-state index contributed by atoms with van der Waals surface area (Å²) in [5, 5.41) is 0. The Bertz CT molecular complexity index is 1430. The van der Waals surface area contributed by atoms with E-state index in [1.165, 1.54) is 11.8 Å². The predicted molar refractivity (Wildman–Crippen MR) is 186 cm³/mol. The van der Waals surface area contributed by atoms with Crippen molar-refractivity contribution in [2.45, 2.75) is 76.2 Å². The van der Waals surface area contributed by atoms with E-state index in [4.69, 9.17) is 40.6 Å². The molecule has 1 aliphatic rings. The van der Waals surface area contributed by atoms with Gasteiger partial charge in [-0.05, 0) is 60.1 Å². The van der Waals surface area contributed by atoms with Crippen molar-refractivity contribution in [3.63, 3.8) is 0 Å². The SMILES string of the molecule is CC(C)OC(=S)S[C@H]1O[C@H](COCc2ccccc2)[C@@H](OCc2ccccc2)[C@H](OCc2ccccc2)[C@H]1OCc1ccccc1. The fourth-order valence-electron chi connectivity index (χ4n) is 5.16. The van der Waals surface area contributed by atoms with Crippen LogP contribution >= 0.6 is 24.0 Å². The maximum Gasteiger partial charge on any atom is 0.222 e. The van der Waals surface area contributed by atoms with Crippen LogP contribution in [0.15, 0.2) is 121 Å². The summed E-state index contributed by atoms with van der Waals surface area (Å²) in [7, 11) is 0. The molecule has 0 aromatic heterocycles. The Morgan fingerprint density at radius 3 is 1.48 bits per heavy atom. The number of rotatable bonds is 15. The fourth-order valence-corrected chi connectivity index (χ4v) is 6.64. The van der Waals surface area contributed by atoms with Gasteiger partial charge in [0.05, 0.1) is 39.1 Å². The zero-order valence-corrected chi connectivity index (χ0v) is 27.9. The highest BCUT2D eigenvalue weighted by molar-refractivity contribution is 8.22. The summed E-state index contributed by atoms with van der Waals surface area (Å²) >= 11 is 7.00. The molecule has 1 heterocycles. The molecule has 0 spiro atoms. The van der Waals surface area contributed by atoms with Gasteiger partial charge in [-0.2, -0.15) is 0 Å². The Hall–Kier alpha value is -3.08. The molecule has 1 saturated heterocycles. The van der Waals surface area contributed by atoms with Gasteiger partial charge in [0.15, 0.2) is 0 Å². The smallest absolute Gasteiger partial charge is 0.222 e. The van der Waals surface area contributed by atoms with Crippen molar-refractivity contribution in [3.8, 4) is 0 Å². The van der Waals surface area contributed by atoms with E-state index in [0.717, 1.165) is 22.3 Å². The van der Waals surface area contributed by atoms with Gasteiger partial charge in [0.25, 0.3) is 0 Å². The van der Waals surface area contributed by atoms with Gasteiger partial charge >= 0.3 is 0 Å². The predicted octanol–water partition coefficient (Wildman–Crippen LogP) is 8.13. The number of benzene rings is 4. The highest BCUT2D eigenvalue weighted by Gasteiger charge is 2.49. The Balaban J connectivity index is 1.45. The molecular weight excluding hydrogens is 617 g/mol. The second-order valence-electron chi connectivity index (χ2n) is 11.4. The third-order valence-corrected chi connectivity index (χ3v) is 8.67. The van der Waals surface area contributed by atoms with E-state index in [2.05, 4.69) is 12.1 Å². The average Bonchev–Trinajstić information content (AvgIpc) is 3.08. The van der Waals surface area contributed by atoms with E-state index in [0.29, 0.717) is 37.4 Å². The largest absolute Gasteiger partial charge is 0.476 e. The zero-order valence-electron chi connectivity index (χ0n) is 26.3. The summed E-state index contributed by atoms with van der Waals surface area (Å²) in [6, 6.07) is 40.4. The van der Waals surface area contributed by atoms with Gasteiger partial charge in [-0.3, -0.25) is 0 Å². The Kier molecular flexibility index (Phi) is 13.6. The molecule has 0 saturated carbocycles. The molecule has 1 aliphatic heterocycles. The van der Waals surface area contributed by atoms with Gasteiger partial charge in [-0.25, -0.2) is 0 Å². The van der Waals surface area contributed by atoms with Gasteiger partial charge in [0, 0.05) is 0 Å². The Morgan fingerprint density at radius 1 is 0.609 bits per heavy atom. The molecule has 0 unspecified atom stereocenters. The highest BCUT2D eigenvalue weighted by atomic mass is 32.2. The van der Waals surface area contributed by atoms with E-state index in [9.17, 15) is 0 Å². The molecule has 0 bridgehead atoms. The minimum atomic E-state index is -0.534. The van der Waals surface area contributed by atoms with Crippen LogP contribution in [-0.4, -0.2) is 46.9 Å². The summed E-state index contributed by atoms with van der Waals surface area (Å²) in [5.41, 5.74) is 3.70. The summed E-state index contributed by atoms with van der Waals surface area (Å²) in [4.78, 5) is 0. The number of hydrogen-bond acceptors (Lipinski definition) is 8. The molecule has 0 N–H and O–H groups in total. The molecule has 242 valence electrons. The van der Waals surface area contributed by atoms with Crippen LogP contribution in [0.1, 0.15) is 36.1 Å². The van der Waals surface area contributed by atoms with Crippen molar-refractivity contribution in [1.82, 2.24) is 0 Å². The van der Waals surface area contributed by atoms with Crippen molar-refractivity contribution in [3.05, 3.63) is 144 Å². The average molecular weight is 659 g/mol. The van der Waals surface area contributed by atoms with Crippen LogP contribution in [0.25, 0.3) is 0 Å². The lowest BCUT2D eigenvalue weighted by molar-refractivity contribution is -0.254. The van der Waals surface area contributed by atoms with Crippen molar-refractivity contribution in [1.29, 1.82) is 0 Å². The fraction of sp³-hybridized carbons (Fsp3) is 0.342. The Morgan fingerprint density at radius 2 is 1.02 bits per heavy atom. The third-order valence-electron chi connectivity index (χ3n) is 7.38. The van der Waals surface area contributed by atoms with E-state index in [-0.39, 0.29) is 6.10 Å². The minimum absolute atomic E-state index is 0.0654. The second-order valence-corrected chi connectivity index (χ2v) is 13.1. The Labute approximate surface area is 282 Å². The maximum absolute atomic E-state index is 6.80. The van der Waals surface area contributed by atoms with Crippen LogP contribution < -0.4 is 0 Å². The quantitative estimate of drug-likeness (QED) is 0.119. The van der Waals surface area contributed by atoms with Crippen molar-refractivity contribution in [2.24, 2.45) is 0 Å². The lowest BCUT2D eigenvalue weighted by Gasteiger charge is -2.46. The lowest BCUT2D eigenvalue weighted by atomic mass is 9.98. The van der Waals surface area contributed by atoms with E-state index >= 15 is 0 Å². The summed E-state index contributed by atoms with van der Waals surface area (Å²) < 4.78 is 39.5. The third kappa shape index (κ3) is 10.7. The van der Waals surface area contributed by atoms with Crippen LogP contribution in [-0.2, 0) is 54.8 Å². The first-order chi connectivity index (χ1) is 22.5. The molecule has 4 aromatic rings. The van der Waals surface area contributed by atoms with Crippen LogP contribution in [0.5, 0.6) is 0 Å². The topological polar surface area (TPSA) is 55.4 Å². The van der Waals surface area contributed by atoms with Gasteiger partial charge < -0.3 is 28.4 Å². The number of hydrogen-bond donors (Lipinski definition) is 0. The van der Waals surface area contributed by atoms with Gasteiger partial charge in [0.2, 0.25) is 4.38 Å². The maximum atomic E-state index is 6.80. The van der Waals surface area contributed by atoms with Gasteiger partial charge in [-0.15, -0.1) is 0 Å². The van der Waals surface area contributed by atoms with Crippen molar-refractivity contribution < 1.29 is 28.4 Å². The summed E-state index contributed by atoms with van der Waals surface area (Å²) in [6.07, 6.45) is -2.08. The minimum Gasteiger partial charge on any atom is -0.476 e. The first-order valence-electron chi connectivity index (χ1n) is 15.7. The van der Waals surface area contributed by atoms with E-state index in [1.807, 2.05) is 123 Å². The molecule has 5 rings (SSSR count). The highest BCUT2D eigenvalue weighted by Crippen LogP contribution is 2.36. The van der Waals surface area contributed by atoms with Crippen LogP contribution in [0.2, 0.25) is 0 Å². The first kappa shape index (κ1) is 34.3. The molecule has 8 heteroatoms. The second kappa shape index (κ2) is 18.3. The summed E-state index contributed by atoms with van der Waals surface area (Å²) in [5.74, 6) is 0. The zero-order chi connectivity index (χ0) is 32.0. The molecule has 0 aliphatic carbocycles. The van der Waals surface area contributed by atoms with Crippen molar-refractivity contribution in [2.75, 3.05) is 6.61 Å². The van der Waals surface area contributed by atoms with Crippen molar-refractivity contribution >= 4 is 28.4 Å². The molecule has 0 radical (unpaired) electrons. The number of ether oxygens (including phenoxy) is 6. The van der Waals surface area contributed by atoms with E-state index < -0.39 is 29.9 Å². The van der Waals surface area contributed by atoms with Crippen LogP contribution in [0.4, 0.5) is 0 Å². The monoisotopic (exact) mass is 658 g/mol. The number of thioether (sulfide) groups is 1. The molecule has 6 nitrogen and oxygen atoms in total. The molecular formula is C38H42O6S2. The van der Waals surface area contributed by atoms with Crippen LogP contribution in [0.3, 0.4) is 0 Å².